The number of rotatable bonds is 5. The van der Waals surface area contributed by atoms with Gasteiger partial charge in [0.1, 0.15) is 5.60 Å². The molecule has 0 aliphatic carbocycles. The van der Waals surface area contributed by atoms with Gasteiger partial charge in [-0.15, -0.1) is 0 Å². The summed E-state index contributed by atoms with van der Waals surface area (Å²) in [5.74, 6) is -0.143. The normalized spacial score (nSPS) is 23.2. The highest BCUT2D eigenvalue weighted by Crippen LogP contribution is 2.21. The third-order valence-electron chi connectivity index (χ3n) is 5.20. The van der Waals surface area contributed by atoms with Gasteiger partial charge in [0.2, 0.25) is 5.91 Å². The molecular formula is C22H36N2O5. The molecule has 0 aromatic carbocycles. The molecule has 2 heterocycles. The molecule has 7 nitrogen and oxygen atoms in total. The molecule has 0 saturated carbocycles. The van der Waals surface area contributed by atoms with Crippen molar-refractivity contribution in [1.82, 2.24) is 9.80 Å². The summed E-state index contributed by atoms with van der Waals surface area (Å²) in [6.45, 7) is 10.2. The topological polar surface area (TPSA) is 76.2 Å². The summed E-state index contributed by atoms with van der Waals surface area (Å²) >= 11 is 0. The van der Waals surface area contributed by atoms with E-state index in [0.717, 1.165) is 25.7 Å². The predicted molar refractivity (Wildman–Crippen MR) is 110 cm³/mol. The van der Waals surface area contributed by atoms with Crippen molar-refractivity contribution in [3.05, 3.63) is 12.2 Å². The average Bonchev–Trinajstić information content (AvgIpc) is 2.67. The van der Waals surface area contributed by atoms with Crippen molar-refractivity contribution in [2.75, 3.05) is 32.8 Å². The first-order chi connectivity index (χ1) is 13.7. The molecule has 0 N–H and O–H groups in total. The summed E-state index contributed by atoms with van der Waals surface area (Å²) in [7, 11) is 0. The monoisotopic (exact) mass is 408 g/mol. The molecule has 2 atom stereocenters. The number of hydrogen-bond acceptors (Lipinski definition) is 5. The Labute approximate surface area is 174 Å². The third-order valence-corrected chi connectivity index (χ3v) is 5.20. The molecular weight excluding hydrogens is 372 g/mol. The van der Waals surface area contributed by atoms with E-state index in [1.165, 1.54) is 0 Å². The molecule has 0 aromatic heterocycles. The van der Waals surface area contributed by atoms with Gasteiger partial charge in [-0.3, -0.25) is 9.59 Å². The van der Waals surface area contributed by atoms with Crippen LogP contribution in [0.3, 0.4) is 0 Å². The first-order valence-corrected chi connectivity index (χ1v) is 10.8. The van der Waals surface area contributed by atoms with Gasteiger partial charge in [0, 0.05) is 32.6 Å². The van der Waals surface area contributed by atoms with Crippen LogP contribution in [0, 0.1) is 11.8 Å². The van der Waals surface area contributed by atoms with Crippen LogP contribution >= 0.6 is 0 Å². The first-order valence-electron chi connectivity index (χ1n) is 10.8. The highest BCUT2D eigenvalue weighted by atomic mass is 16.6. The Bertz CT molecular complexity index is 611. The molecule has 2 fully saturated rings. The molecule has 0 aromatic rings. The SMILES string of the molecule is CCOC(=O)[C@@H]1CCCN(C(=O)CC=CC2CCCN(C(=O)OC(C)(C)C)C2)C1. The van der Waals surface area contributed by atoms with Crippen molar-refractivity contribution in [3.8, 4) is 0 Å². The second-order valence-corrected chi connectivity index (χ2v) is 8.89. The number of amides is 2. The molecule has 2 amide bonds. The molecule has 0 radical (unpaired) electrons. The Morgan fingerprint density at radius 3 is 2.41 bits per heavy atom. The van der Waals surface area contributed by atoms with Crippen LogP contribution < -0.4 is 0 Å². The third kappa shape index (κ3) is 7.71. The minimum atomic E-state index is -0.498. The van der Waals surface area contributed by atoms with Gasteiger partial charge in [-0.05, 0) is 59.3 Å². The van der Waals surface area contributed by atoms with E-state index in [1.807, 2.05) is 32.9 Å². The lowest BCUT2D eigenvalue weighted by Crippen LogP contribution is -2.43. The fourth-order valence-electron chi connectivity index (χ4n) is 3.81. The minimum absolute atomic E-state index is 0.0371. The van der Waals surface area contributed by atoms with E-state index >= 15 is 0 Å². The molecule has 2 aliphatic rings. The van der Waals surface area contributed by atoms with Crippen molar-refractivity contribution >= 4 is 18.0 Å². The van der Waals surface area contributed by atoms with E-state index in [2.05, 4.69) is 0 Å². The van der Waals surface area contributed by atoms with E-state index in [-0.39, 0.29) is 29.8 Å². The summed E-state index contributed by atoms with van der Waals surface area (Å²) in [5.41, 5.74) is -0.498. The van der Waals surface area contributed by atoms with Crippen LogP contribution in [0.4, 0.5) is 4.79 Å². The highest BCUT2D eigenvalue weighted by molar-refractivity contribution is 5.79. The summed E-state index contributed by atoms with van der Waals surface area (Å²) in [6, 6.07) is 0. The van der Waals surface area contributed by atoms with Crippen LogP contribution in [0.1, 0.15) is 59.8 Å². The number of hydrogen-bond donors (Lipinski definition) is 0. The highest BCUT2D eigenvalue weighted by Gasteiger charge is 2.29. The van der Waals surface area contributed by atoms with Crippen molar-refractivity contribution in [2.45, 2.75) is 65.4 Å². The van der Waals surface area contributed by atoms with Crippen LogP contribution in [0.15, 0.2) is 12.2 Å². The van der Waals surface area contributed by atoms with Crippen LogP contribution in [-0.4, -0.2) is 66.2 Å². The summed E-state index contributed by atoms with van der Waals surface area (Å²) < 4.78 is 10.6. The molecule has 7 heteroatoms. The zero-order valence-electron chi connectivity index (χ0n) is 18.3. The number of ether oxygens (including phenoxy) is 2. The maximum atomic E-state index is 12.5. The quantitative estimate of drug-likeness (QED) is 0.515. The molecule has 2 saturated heterocycles. The number of piperidine rings is 2. The van der Waals surface area contributed by atoms with Gasteiger partial charge in [-0.25, -0.2) is 4.79 Å². The maximum Gasteiger partial charge on any atom is 0.410 e. The van der Waals surface area contributed by atoms with Crippen LogP contribution in [0.5, 0.6) is 0 Å². The first kappa shape index (κ1) is 23.2. The van der Waals surface area contributed by atoms with E-state index in [4.69, 9.17) is 9.47 Å². The summed E-state index contributed by atoms with van der Waals surface area (Å²) in [6.07, 6.45) is 7.52. The second-order valence-electron chi connectivity index (χ2n) is 8.89. The lowest BCUT2D eigenvalue weighted by molar-refractivity contribution is -0.151. The van der Waals surface area contributed by atoms with Crippen LogP contribution in [-0.2, 0) is 19.1 Å². The number of carbonyl (C=O) groups excluding carboxylic acids is 3. The number of esters is 1. The minimum Gasteiger partial charge on any atom is -0.466 e. The van der Waals surface area contributed by atoms with Crippen molar-refractivity contribution < 1.29 is 23.9 Å². The van der Waals surface area contributed by atoms with E-state index in [9.17, 15) is 14.4 Å². The Morgan fingerprint density at radius 2 is 1.72 bits per heavy atom. The number of carbonyl (C=O) groups is 3. The lowest BCUT2D eigenvalue weighted by Gasteiger charge is -2.33. The van der Waals surface area contributed by atoms with Crippen molar-refractivity contribution in [2.24, 2.45) is 11.8 Å². The smallest absolute Gasteiger partial charge is 0.410 e. The predicted octanol–water partition coefficient (Wildman–Crippen LogP) is 3.38. The van der Waals surface area contributed by atoms with Crippen LogP contribution in [0.2, 0.25) is 0 Å². The van der Waals surface area contributed by atoms with Gasteiger partial charge >= 0.3 is 12.1 Å². The standard InChI is InChI=1S/C22H36N2O5/c1-5-28-20(26)18-11-8-13-23(16-18)19(25)12-6-9-17-10-7-14-24(15-17)21(27)29-22(2,3)4/h6,9,17-18H,5,7-8,10-16H2,1-4H3/t17?,18-/m1/s1. The van der Waals surface area contributed by atoms with Crippen molar-refractivity contribution in [1.29, 1.82) is 0 Å². The zero-order valence-corrected chi connectivity index (χ0v) is 18.3. The molecule has 29 heavy (non-hydrogen) atoms. The fourth-order valence-corrected chi connectivity index (χ4v) is 3.81. The average molecular weight is 409 g/mol. The molecule has 164 valence electrons. The fraction of sp³-hybridized carbons (Fsp3) is 0.773. The molecule has 2 rings (SSSR count). The Balaban J connectivity index is 1.80. The molecule has 0 bridgehead atoms. The number of nitrogens with zero attached hydrogens (tertiary/aromatic N) is 2. The van der Waals surface area contributed by atoms with E-state index < -0.39 is 5.60 Å². The zero-order chi connectivity index (χ0) is 21.4. The Kier molecular flexibility index (Phi) is 8.53. The summed E-state index contributed by atoms with van der Waals surface area (Å²) in [4.78, 5) is 40.3. The van der Waals surface area contributed by atoms with Gasteiger partial charge in [-0.2, -0.15) is 0 Å². The molecule has 2 aliphatic heterocycles. The van der Waals surface area contributed by atoms with Crippen LogP contribution in [0.25, 0.3) is 0 Å². The summed E-state index contributed by atoms with van der Waals surface area (Å²) in [5, 5.41) is 0. The number of likely N-dealkylation sites (tertiary alicyclic amines) is 2. The Morgan fingerprint density at radius 1 is 1.03 bits per heavy atom. The van der Waals surface area contributed by atoms with Gasteiger partial charge in [0.15, 0.2) is 0 Å². The Hall–Kier alpha value is -2.05. The van der Waals surface area contributed by atoms with Gasteiger partial charge in [0.05, 0.1) is 12.5 Å². The van der Waals surface area contributed by atoms with Gasteiger partial charge < -0.3 is 19.3 Å². The van der Waals surface area contributed by atoms with Gasteiger partial charge in [0.25, 0.3) is 0 Å². The van der Waals surface area contributed by atoms with Crippen molar-refractivity contribution in [3.63, 3.8) is 0 Å². The molecule has 1 unspecified atom stereocenters. The molecule has 0 spiro atoms. The second kappa shape index (κ2) is 10.6. The maximum absolute atomic E-state index is 12.5. The lowest BCUT2D eigenvalue weighted by atomic mass is 9.96. The largest absolute Gasteiger partial charge is 0.466 e. The van der Waals surface area contributed by atoms with E-state index in [1.54, 1.807) is 16.7 Å². The van der Waals surface area contributed by atoms with Gasteiger partial charge in [-0.1, -0.05) is 12.2 Å². The van der Waals surface area contributed by atoms with E-state index in [0.29, 0.717) is 39.2 Å².